The molecule has 6 heteroatoms. The van der Waals surface area contributed by atoms with Crippen LogP contribution in [0.1, 0.15) is 11.1 Å². The summed E-state index contributed by atoms with van der Waals surface area (Å²) < 4.78 is 0. The summed E-state index contributed by atoms with van der Waals surface area (Å²) in [6, 6.07) is 8.50. The highest BCUT2D eigenvalue weighted by Crippen LogP contribution is 2.22. The number of nitrogens with two attached hydrogens (primary N) is 1. The zero-order valence-corrected chi connectivity index (χ0v) is 10.5. The largest absolute Gasteiger partial charge is 0.396 e. The molecule has 19 heavy (non-hydrogen) atoms. The van der Waals surface area contributed by atoms with Gasteiger partial charge in [0.05, 0.1) is 10.6 Å². The van der Waals surface area contributed by atoms with E-state index in [2.05, 4.69) is 10.3 Å². The van der Waals surface area contributed by atoms with Crippen molar-refractivity contribution in [2.75, 3.05) is 11.1 Å². The molecular weight excluding hydrogens is 244 g/mol. The molecule has 0 amide bonds. The Hall–Kier alpha value is -2.63. The number of anilines is 2. The van der Waals surface area contributed by atoms with Crippen LogP contribution in [0.2, 0.25) is 0 Å². The zero-order valence-electron chi connectivity index (χ0n) is 10.5. The van der Waals surface area contributed by atoms with Gasteiger partial charge in [-0.1, -0.05) is 12.1 Å². The molecule has 98 valence electrons. The number of rotatable bonds is 4. The van der Waals surface area contributed by atoms with Crippen molar-refractivity contribution in [1.82, 2.24) is 4.98 Å². The van der Waals surface area contributed by atoms with Crippen LogP contribution in [-0.2, 0) is 6.54 Å². The van der Waals surface area contributed by atoms with Crippen LogP contribution in [0.15, 0.2) is 36.5 Å². The second-order valence-corrected chi connectivity index (χ2v) is 4.11. The van der Waals surface area contributed by atoms with Crippen LogP contribution >= 0.6 is 0 Å². The summed E-state index contributed by atoms with van der Waals surface area (Å²) in [5.41, 5.74) is 7.93. The highest BCUT2D eigenvalue weighted by molar-refractivity contribution is 5.60. The predicted octanol–water partition coefficient (Wildman–Crippen LogP) is 2.49. The Morgan fingerprint density at radius 3 is 2.84 bits per heavy atom. The molecule has 6 nitrogen and oxygen atoms in total. The number of nitrogens with one attached hydrogen (secondary N) is 1. The molecule has 0 unspecified atom stereocenters. The van der Waals surface area contributed by atoms with Crippen molar-refractivity contribution in [3.63, 3.8) is 0 Å². The summed E-state index contributed by atoms with van der Waals surface area (Å²) in [5, 5.41) is 13.9. The fraction of sp³-hybridized carbons (Fsp3) is 0.154. The molecule has 0 aliphatic carbocycles. The molecule has 0 aliphatic rings. The molecule has 0 atom stereocenters. The highest BCUT2D eigenvalue weighted by Gasteiger charge is 2.13. The third-order valence-corrected chi connectivity index (χ3v) is 2.90. The van der Waals surface area contributed by atoms with Crippen molar-refractivity contribution in [2.45, 2.75) is 13.5 Å². The minimum atomic E-state index is -0.381. The van der Waals surface area contributed by atoms with Gasteiger partial charge in [-0.05, 0) is 24.6 Å². The Labute approximate surface area is 110 Å². The molecule has 0 saturated carbocycles. The molecule has 0 saturated heterocycles. The summed E-state index contributed by atoms with van der Waals surface area (Å²) in [6.07, 6.45) is 1.64. The lowest BCUT2D eigenvalue weighted by Crippen LogP contribution is -2.06. The number of benzene rings is 1. The number of pyridine rings is 1. The average molecular weight is 258 g/mol. The van der Waals surface area contributed by atoms with Crippen molar-refractivity contribution in [3.8, 4) is 0 Å². The summed E-state index contributed by atoms with van der Waals surface area (Å²) in [4.78, 5) is 14.6. The standard InChI is InChI=1S/C13H14N4O2/c1-9-10(4-2-6-12(9)17(18)19)8-16-13-11(14)5-3-7-15-13/h2-7H,8,14H2,1H3,(H,15,16). The Kier molecular flexibility index (Phi) is 3.61. The van der Waals surface area contributed by atoms with E-state index in [1.165, 1.54) is 6.07 Å². The summed E-state index contributed by atoms with van der Waals surface area (Å²) in [6.45, 7) is 2.17. The van der Waals surface area contributed by atoms with Gasteiger partial charge in [-0.2, -0.15) is 0 Å². The van der Waals surface area contributed by atoms with Gasteiger partial charge in [0, 0.05) is 24.4 Å². The Morgan fingerprint density at radius 1 is 1.37 bits per heavy atom. The molecule has 3 N–H and O–H groups in total. The van der Waals surface area contributed by atoms with E-state index in [1.807, 2.05) is 6.07 Å². The van der Waals surface area contributed by atoms with Crippen molar-refractivity contribution in [3.05, 3.63) is 57.8 Å². The van der Waals surface area contributed by atoms with Gasteiger partial charge in [0.2, 0.25) is 0 Å². The van der Waals surface area contributed by atoms with E-state index >= 15 is 0 Å². The van der Waals surface area contributed by atoms with E-state index in [1.54, 1.807) is 31.3 Å². The number of nitro groups is 1. The second-order valence-electron chi connectivity index (χ2n) is 4.11. The first-order valence-corrected chi connectivity index (χ1v) is 5.77. The highest BCUT2D eigenvalue weighted by atomic mass is 16.6. The maximum Gasteiger partial charge on any atom is 0.272 e. The quantitative estimate of drug-likeness (QED) is 0.649. The van der Waals surface area contributed by atoms with Gasteiger partial charge in [0.15, 0.2) is 0 Å². The number of hydrogen-bond acceptors (Lipinski definition) is 5. The van der Waals surface area contributed by atoms with Crippen molar-refractivity contribution in [2.24, 2.45) is 0 Å². The molecule has 1 aromatic heterocycles. The maximum absolute atomic E-state index is 10.9. The minimum Gasteiger partial charge on any atom is -0.396 e. The topological polar surface area (TPSA) is 94.1 Å². The van der Waals surface area contributed by atoms with Crippen molar-refractivity contribution in [1.29, 1.82) is 0 Å². The van der Waals surface area contributed by atoms with Crippen LogP contribution in [-0.4, -0.2) is 9.91 Å². The maximum atomic E-state index is 10.9. The van der Waals surface area contributed by atoms with E-state index in [9.17, 15) is 10.1 Å². The van der Waals surface area contributed by atoms with Gasteiger partial charge in [-0.15, -0.1) is 0 Å². The van der Waals surface area contributed by atoms with Crippen molar-refractivity contribution >= 4 is 17.2 Å². The van der Waals surface area contributed by atoms with Crippen LogP contribution in [0.25, 0.3) is 0 Å². The molecule has 2 aromatic rings. The van der Waals surface area contributed by atoms with Gasteiger partial charge in [0.25, 0.3) is 5.69 Å². The molecule has 0 fully saturated rings. The zero-order chi connectivity index (χ0) is 13.8. The minimum absolute atomic E-state index is 0.119. The van der Waals surface area contributed by atoms with Crippen LogP contribution < -0.4 is 11.1 Å². The Morgan fingerprint density at radius 2 is 2.16 bits per heavy atom. The van der Waals surface area contributed by atoms with Crippen LogP contribution in [0.4, 0.5) is 17.2 Å². The number of nitrogens with zero attached hydrogens (tertiary/aromatic N) is 2. The Bertz CT molecular complexity index is 613. The van der Waals surface area contributed by atoms with E-state index < -0.39 is 0 Å². The van der Waals surface area contributed by atoms with Gasteiger partial charge in [-0.25, -0.2) is 4.98 Å². The van der Waals surface area contributed by atoms with E-state index in [-0.39, 0.29) is 10.6 Å². The summed E-state index contributed by atoms with van der Waals surface area (Å²) in [7, 11) is 0. The third kappa shape index (κ3) is 2.79. The normalized spacial score (nSPS) is 10.2. The summed E-state index contributed by atoms with van der Waals surface area (Å²) in [5.74, 6) is 0.577. The van der Waals surface area contributed by atoms with E-state index in [4.69, 9.17) is 5.73 Å². The van der Waals surface area contributed by atoms with Crippen LogP contribution in [0.5, 0.6) is 0 Å². The number of nitrogen functional groups attached to an aromatic ring is 1. The van der Waals surface area contributed by atoms with Crippen LogP contribution in [0.3, 0.4) is 0 Å². The van der Waals surface area contributed by atoms with Gasteiger partial charge in [0.1, 0.15) is 5.82 Å². The SMILES string of the molecule is Cc1c(CNc2ncccc2N)cccc1[N+](=O)[O-]. The van der Waals surface area contributed by atoms with Gasteiger partial charge < -0.3 is 11.1 Å². The van der Waals surface area contributed by atoms with Crippen molar-refractivity contribution < 1.29 is 4.92 Å². The Balaban J connectivity index is 2.19. The lowest BCUT2D eigenvalue weighted by Gasteiger charge is -2.10. The molecule has 0 spiro atoms. The smallest absolute Gasteiger partial charge is 0.272 e. The van der Waals surface area contributed by atoms with E-state index in [0.717, 1.165) is 5.56 Å². The fourth-order valence-electron chi connectivity index (χ4n) is 1.80. The second kappa shape index (κ2) is 5.34. The van der Waals surface area contributed by atoms with E-state index in [0.29, 0.717) is 23.6 Å². The first kappa shape index (κ1) is 12.8. The number of hydrogen-bond donors (Lipinski definition) is 2. The number of nitro benzene ring substituents is 1. The first-order valence-electron chi connectivity index (χ1n) is 5.77. The lowest BCUT2D eigenvalue weighted by molar-refractivity contribution is -0.385. The predicted molar refractivity (Wildman–Crippen MR) is 73.8 cm³/mol. The molecule has 0 bridgehead atoms. The average Bonchev–Trinajstić information content (AvgIpc) is 2.39. The monoisotopic (exact) mass is 258 g/mol. The molecular formula is C13H14N4O2. The fourth-order valence-corrected chi connectivity index (χ4v) is 1.80. The first-order chi connectivity index (χ1) is 9.09. The lowest BCUT2D eigenvalue weighted by atomic mass is 10.1. The van der Waals surface area contributed by atoms with Crippen LogP contribution in [0, 0.1) is 17.0 Å². The molecule has 2 rings (SSSR count). The molecule has 1 aromatic carbocycles. The summed E-state index contributed by atoms with van der Waals surface area (Å²) >= 11 is 0. The number of aromatic nitrogens is 1. The molecule has 0 aliphatic heterocycles. The molecule has 0 radical (unpaired) electrons. The molecule has 1 heterocycles. The van der Waals surface area contributed by atoms with Gasteiger partial charge >= 0.3 is 0 Å². The third-order valence-electron chi connectivity index (χ3n) is 2.90. The van der Waals surface area contributed by atoms with Gasteiger partial charge in [-0.3, -0.25) is 10.1 Å².